The Morgan fingerprint density at radius 3 is 2.44 bits per heavy atom. The molecule has 0 unspecified atom stereocenters. The van der Waals surface area contributed by atoms with Crippen LogP contribution in [0, 0.1) is 0 Å². The minimum Gasteiger partial charge on any atom is -0.492 e. The van der Waals surface area contributed by atoms with Crippen LogP contribution in [0.15, 0.2) is 28.7 Å². The van der Waals surface area contributed by atoms with Crippen LogP contribution in [0.5, 0.6) is 5.75 Å². The second-order valence-electron chi connectivity index (χ2n) is 4.20. The van der Waals surface area contributed by atoms with Crippen LogP contribution in [0.4, 0.5) is 0 Å². The molecule has 0 bridgehead atoms. The van der Waals surface area contributed by atoms with Crippen LogP contribution >= 0.6 is 15.9 Å². The molecule has 88 valence electrons. The third-order valence-electron chi connectivity index (χ3n) is 2.94. The average Bonchev–Trinajstić information content (AvgIpc) is 2.33. The van der Waals surface area contributed by atoms with Crippen LogP contribution < -0.4 is 4.74 Å². The lowest BCUT2D eigenvalue weighted by Crippen LogP contribution is -2.33. The average molecular weight is 284 g/mol. The molecule has 3 heteroatoms. The van der Waals surface area contributed by atoms with E-state index in [4.69, 9.17) is 4.74 Å². The van der Waals surface area contributed by atoms with Crippen LogP contribution in [0.25, 0.3) is 0 Å². The van der Waals surface area contributed by atoms with E-state index in [0.29, 0.717) is 0 Å². The van der Waals surface area contributed by atoms with E-state index < -0.39 is 0 Å². The number of likely N-dealkylation sites (tertiary alicyclic amines) is 1. The van der Waals surface area contributed by atoms with Gasteiger partial charge in [-0.3, -0.25) is 4.90 Å². The van der Waals surface area contributed by atoms with Gasteiger partial charge in [-0.05, 0) is 50.2 Å². The van der Waals surface area contributed by atoms with Gasteiger partial charge in [0.05, 0.1) is 0 Å². The topological polar surface area (TPSA) is 12.5 Å². The summed E-state index contributed by atoms with van der Waals surface area (Å²) in [6.07, 6.45) is 4.08. The zero-order chi connectivity index (χ0) is 11.2. The zero-order valence-corrected chi connectivity index (χ0v) is 11.1. The van der Waals surface area contributed by atoms with Gasteiger partial charge < -0.3 is 4.74 Å². The van der Waals surface area contributed by atoms with Crippen molar-refractivity contribution in [3.8, 4) is 5.75 Å². The van der Waals surface area contributed by atoms with E-state index in [0.717, 1.165) is 23.4 Å². The van der Waals surface area contributed by atoms with Crippen LogP contribution in [0.1, 0.15) is 19.3 Å². The number of hydrogen-bond acceptors (Lipinski definition) is 2. The zero-order valence-electron chi connectivity index (χ0n) is 9.49. The fraction of sp³-hybridized carbons (Fsp3) is 0.538. The second-order valence-corrected chi connectivity index (χ2v) is 5.12. The number of halogens is 1. The summed E-state index contributed by atoms with van der Waals surface area (Å²) in [5.41, 5.74) is 0. The van der Waals surface area contributed by atoms with Crippen LogP contribution in [0.3, 0.4) is 0 Å². The molecule has 1 saturated heterocycles. The summed E-state index contributed by atoms with van der Waals surface area (Å²) < 4.78 is 6.79. The molecule has 16 heavy (non-hydrogen) atoms. The van der Waals surface area contributed by atoms with Crippen molar-refractivity contribution in [3.63, 3.8) is 0 Å². The fourth-order valence-corrected chi connectivity index (χ4v) is 2.27. The molecule has 0 atom stereocenters. The van der Waals surface area contributed by atoms with Crippen LogP contribution in [-0.2, 0) is 0 Å². The van der Waals surface area contributed by atoms with Gasteiger partial charge in [-0.15, -0.1) is 0 Å². The van der Waals surface area contributed by atoms with Crippen molar-refractivity contribution in [2.45, 2.75) is 19.3 Å². The van der Waals surface area contributed by atoms with Gasteiger partial charge in [0.25, 0.3) is 0 Å². The first-order valence-electron chi connectivity index (χ1n) is 5.95. The van der Waals surface area contributed by atoms with Crippen LogP contribution in [0.2, 0.25) is 0 Å². The lowest BCUT2D eigenvalue weighted by Gasteiger charge is -2.26. The molecule has 1 heterocycles. The number of piperidine rings is 1. The highest BCUT2D eigenvalue weighted by Crippen LogP contribution is 2.16. The van der Waals surface area contributed by atoms with E-state index in [1.807, 2.05) is 24.3 Å². The molecule has 1 aromatic carbocycles. The quantitative estimate of drug-likeness (QED) is 0.841. The molecule has 0 saturated carbocycles. The molecule has 1 aliphatic rings. The van der Waals surface area contributed by atoms with Gasteiger partial charge in [0.15, 0.2) is 0 Å². The summed E-state index contributed by atoms with van der Waals surface area (Å²) in [4.78, 5) is 2.49. The largest absolute Gasteiger partial charge is 0.492 e. The lowest BCUT2D eigenvalue weighted by molar-refractivity contribution is 0.183. The number of ether oxygens (including phenoxy) is 1. The minimum absolute atomic E-state index is 0.793. The molecule has 2 rings (SSSR count). The second kappa shape index (κ2) is 6.26. The van der Waals surface area contributed by atoms with E-state index in [1.165, 1.54) is 32.4 Å². The van der Waals surface area contributed by atoms with E-state index in [2.05, 4.69) is 20.8 Å². The highest BCUT2D eigenvalue weighted by atomic mass is 79.9. The molecule has 1 fully saturated rings. The third kappa shape index (κ3) is 3.80. The predicted molar refractivity (Wildman–Crippen MR) is 69.9 cm³/mol. The molecule has 0 aromatic heterocycles. The SMILES string of the molecule is Brc1ccc(OCCN2CCCCC2)cc1. The van der Waals surface area contributed by atoms with Gasteiger partial charge >= 0.3 is 0 Å². The Balaban J connectivity index is 1.69. The van der Waals surface area contributed by atoms with Crippen molar-refractivity contribution >= 4 is 15.9 Å². The summed E-state index contributed by atoms with van der Waals surface area (Å²) >= 11 is 3.41. The van der Waals surface area contributed by atoms with Crippen molar-refractivity contribution in [2.75, 3.05) is 26.2 Å². The van der Waals surface area contributed by atoms with E-state index in [-0.39, 0.29) is 0 Å². The summed E-state index contributed by atoms with van der Waals surface area (Å²) in [6, 6.07) is 8.02. The van der Waals surface area contributed by atoms with Gasteiger partial charge in [-0.1, -0.05) is 22.4 Å². The highest BCUT2D eigenvalue weighted by Gasteiger charge is 2.09. The summed E-state index contributed by atoms with van der Waals surface area (Å²) in [7, 11) is 0. The molecule has 0 aliphatic carbocycles. The molecular weight excluding hydrogens is 266 g/mol. The van der Waals surface area contributed by atoms with Crippen molar-refractivity contribution in [3.05, 3.63) is 28.7 Å². The Morgan fingerprint density at radius 1 is 1.06 bits per heavy atom. The van der Waals surface area contributed by atoms with Gasteiger partial charge in [0.2, 0.25) is 0 Å². The number of hydrogen-bond donors (Lipinski definition) is 0. The van der Waals surface area contributed by atoms with Gasteiger partial charge in [0.1, 0.15) is 12.4 Å². The number of benzene rings is 1. The predicted octanol–water partition coefficient (Wildman–Crippen LogP) is 3.31. The van der Waals surface area contributed by atoms with Crippen molar-refractivity contribution in [2.24, 2.45) is 0 Å². The number of nitrogens with zero attached hydrogens (tertiary/aromatic N) is 1. The maximum absolute atomic E-state index is 5.70. The van der Waals surface area contributed by atoms with E-state index >= 15 is 0 Å². The summed E-state index contributed by atoms with van der Waals surface area (Å²) in [5, 5.41) is 0. The molecule has 0 radical (unpaired) electrons. The maximum atomic E-state index is 5.70. The van der Waals surface area contributed by atoms with Crippen molar-refractivity contribution < 1.29 is 4.74 Å². The first-order chi connectivity index (χ1) is 7.84. The molecule has 1 aliphatic heterocycles. The molecule has 0 N–H and O–H groups in total. The summed E-state index contributed by atoms with van der Waals surface area (Å²) in [5.74, 6) is 0.959. The summed E-state index contributed by atoms with van der Waals surface area (Å²) in [6.45, 7) is 4.32. The van der Waals surface area contributed by atoms with E-state index in [9.17, 15) is 0 Å². The Labute approximate surface area is 106 Å². The Kier molecular flexibility index (Phi) is 4.67. The Hall–Kier alpha value is -0.540. The highest BCUT2D eigenvalue weighted by molar-refractivity contribution is 9.10. The monoisotopic (exact) mass is 283 g/mol. The first-order valence-corrected chi connectivity index (χ1v) is 6.74. The first kappa shape index (κ1) is 11.9. The molecular formula is C13H18BrNO. The van der Waals surface area contributed by atoms with Gasteiger partial charge in [-0.2, -0.15) is 0 Å². The maximum Gasteiger partial charge on any atom is 0.119 e. The number of rotatable bonds is 4. The molecule has 2 nitrogen and oxygen atoms in total. The van der Waals surface area contributed by atoms with Crippen molar-refractivity contribution in [1.29, 1.82) is 0 Å². The van der Waals surface area contributed by atoms with Crippen molar-refractivity contribution in [1.82, 2.24) is 4.90 Å². The molecule has 0 amide bonds. The third-order valence-corrected chi connectivity index (χ3v) is 3.47. The molecule has 0 spiro atoms. The fourth-order valence-electron chi connectivity index (χ4n) is 2.01. The minimum atomic E-state index is 0.793. The van der Waals surface area contributed by atoms with Gasteiger partial charge in [0, 0.05) is 11.0 Å². The molecule has 1 aromatic rings. The Bertz CT molecular complexity index is 306. The standard InChI is InChI=1S/C13H18BrNO/c14-12-4-6-13(7-5-12)16-11-10-15-8-2-1-3-9-15/h4-7H,1-3,8-11H2. The van der Waals surface area contributed by atoms with Crippen LogP contribution in [-0.4, -0.2) is 31.1 Å². The smallest absolute Gasteiger partial charge is 0.119 e. The van der Waals surface area contributed by atoms with E-state index in [1.54, 1.807) is 0 Å². The normalized spacial score (nSPS) is 17.3. The Morgan fingerprint density at radius 2 is 1.75 bits per heavy atom. The lowest BCUT2D eigenvalue weighted by atomic mass is 10.1. The van der Waals surface area contributed by atoms with Gasteiger partial charge in [-0.25, -0.2) is 0 Å².